The van der Waals surface area contributed by atoms with E-state index < -0.39 is 0 Å². The molecule has 98 valence electrons. The fourth-order valence-electron chi connectivity index (χ4n) is 2.65. The summed E-state index contributed by atoms with van der Waals surface area (Å²) >= 11 is 0. The van der Waals surface area contributed by atoms with Crippen molar-refractivity contribution < 1.29 is 9.90 Å². The first-order chi connectivity index (χ1) is 8.76. The van der Waals surface area contributed by atoms with Crippen molar-refractivity contribution in [3.05, 3.63) is 35.9 Å². The second kappa shape index (κ2) is 6.01. The molecular formula is C15H21NO2. The fraction of sp³-hybridized carbons (Fsp3) is 0.533. The minimum Gasteiger partial charge on any atom is -0.396 e. The van der Waals surface area contributed by atoms with Gasteiger partial charge in [0, 0.05) is 17.5 Å². The number of amides is 1. The van der Waals surface area contributed by atoms with Gasteiger partial charge in [-0.15, -0.1) is 0 Å². The van der Waals surface area contributed by atoms with Crippen molar-refractivity contribution >= 4 is 5.91 Å². The number of hydrogen-bond acceptors (Lipinski definition) is 2. The molecule has 0 aliphatic heterocycles. The lowest BCUT2D eigenvalue weighted by molar-refractivity contribution is 0.0718. The van der Waals surface area contributed by atoms with E-state index in [-0.39, 0.29) is 17.9 Å². The molecular weight excluding hydrogens is 226 g/mol. The Morgan fingerprint density at radius 1 is 1.17 bits per heavy atom. The van der Waals surface area contributed by atoms with E-state index in [9.17, 15) is 9.90 Å². The number of carbonyl (C=O) groups excluding carboxylic acids is 1. The summed E-state index contributed by atoms with van der Waals surface area (Å²) < 4.78 is 0. The first-order valence-corrected chi connectivity index (χ1v) is 6.70. The van der Waals surface area contributed by atoms with Crippen LogP contribution >= 0.6 is 0 Å². The molecule has 18 heavy (non-hydrogen) atoms. The summed E-state index contributed by atoms with van der Waals surface area (Å²) in [4.78, 5) is 12.0. The van der Waals surface area contributed by atoms with Crippen LogP contribution < -0.4 is 5.32 Å². The fourth-order valence-corrected chi connectivity index (χ4v) is 2.65. The molecule has 0 radical (unpaired) electrons. The van der Waals surface area contributed by atoms with Crippen LogP contribution in [0.15, 0.2) is 30.3 Å². The lowest BCUT2D eigenvalue weighted by atomic mass is 9.74. The average Bonchev–Trinajstić information content (AvgIpc) is 2.47. The molecule has 3 nitrogen and oxygen atoms in total. The van der Waals surface area contributed by atoms with Gasteiger partial charge in [0.1, 0.15) is 0 Å². The Labute approximate surface area is 108 Å². The van der Waals surface area contributed by atoms with E-state index >= 15 is 0 Å². The topological polar surface area (TPSA) is 49.3 Å². The Morgan fingerprint density at radius 3 is 2.44 bits per heavy atom. The summed E-state index contributed by atoms with van der Waals surface area (Å²) in [5.74, 6) is -0.0472. The van der Waals surface area contributed by atoms with Crippen LogP contribution in [-0.4, -0.2) is 24.2 Å². The number of carbonyl (C=O) groups is 1. The molecule has 1 aliphatic rings. The van der Waals surface area contributed by atoms with Crippen LogP contribution in [0.1, 0.15) is 42.5 Å². The summed E-state index contributed by atoms with van der Waals surface area (Å²) in [6.07, 6.45) is 5.58. The summed E-state index contributed by atoms with van der Waals surface area (Å²) in [6.45, 7) is 0.749. The Bertz CT molecular complexity index is 383. The first kappa shape index (κ1) is 13.1. The van der Waals surface area contributed by atoms with Crippen molar-refractivity contribution in [3.8, 4) is 0 Å². The van der Waals surface area contributed by atoms with E-state index in [4.69, 9.17) is 0 Å². The molecule has 0 aromatic heterocycles. The third-order valence-corrected chi connectivity index (χ3v) is 3.91. The Balaban J connectivity index is 1.92. The zero-order valence-electron chi connectivity index (χ0n) is 10.7. The van der Waals surface area contributed by atoms with Gasteiger partial charge in [0.2, 0.25) is 0 Å². The van der Waals surface area contributed by atoms with Crippen molar-refractivity contribution in [1.82, 2.24) is 5.32 Å². The van der Waals surface area contributed by atoms with Crippen molar-refractivity contribution in [2.24, 2.45) is 5.41 Å². The number of aliphatic hydroxyl groups is 1. The number of hydrogen-bond donors (Lipinski definition) is 2. The molecule has 2 N–H and O–H groups in total. The van der Waals surface area contributed by atoms with Gasteiger partial charge in [0.15, 0.2) is 0 Å². The second-order valence-corrected chi connectivity index (χ2v) is 5.27. The molecule has 1 fully saturated rings. The first-order valence-electron chi connectivity index (χ1n) is 6.70. The maximum Gasteiger partial charge on any atom is 0.251 e. The highest BCUT2D eigenvalue weighted by Crippen LogP contribution is 2.35. The van der Waals surface area contributed by atoms with E-state index in [0.717, 1.165) is 25.7 Å². The smallest absolute Gasteiger partial charge is 0.251 e. The highest BCUT2D eigenvalue weighted by molar-refractivity contribution is 5.94. The van der Waals surface area contributed by atoms with Gasteiger partial charge in [-0.2, -0.15) is 0 Å². The Morgan fingerprint density at radius 2 is 1.83 bits per heavy atom. The standard InChI is InChI=1S/C15H21NO2/c17-12-15(9-5-2-6-10-15)11-16-14(18)13-7-3-1-4-8-13/h1,3-4,7-8,17H,2,5-6,9-12H2,(H,16,18). The lowest BCUT2D eigenvalue weighted by Gasteiger charge is -2.35. The van der Waals surface area contributed by atoms with Crippen LogP contribution in [0, 0.1) is 5.41 Å². The Kier molecular flexibility index (Phi) is 4.37. The van der Waals surface area contributed by atoms with Crippen molar-refractivity contribution in [3.63, 3.8) is 0 Å². The molecule has 2 rings (SSSR count). The van der Waals surface area contributed by atoms with Gasteiger partial charge in [0.05, 0.1) is 6.61 Å². The SMILES string of the molecule is O=C(NCC1(CO)CCCCC1)c1ccccc1. The van der Waals surface area contributed by atoms with Crippen LogP contribution in [0.3, 0.4) is 0 Å². The second-order valence-electron chi connectivity index (χ2n) is 5.27. The summed E-state index contributed by atoms with van der Waals surface area (Å²) in [6, 6.07) is 9.23. The van der Waals surface area contributed by atoms with E-state index in [0.29, 0.717) is 12.1 Å². The molecule has 0 bridgehead atoms. The lowest BCUT2D eigenvalue weighted by Crippen LogP contribution is -2.41. The zero-order valence-corrected chi connectivity index (χ0v) is 10.7. The van der Waals surface area contributed by atoms with Crippen LogP contribution in [0.5, 0.6) is 0 Å². The van der Waals surface area contributed by atoms with Crippen molar-refractivity contribution in [1.29, 1.82) is 0 Å². The maximum absolute atomic E-state index is 12.0. The van der Waals surface area contributed by atoms with Crippen LogP contribution in [0.4, 0.5) is 0 Å². The normalized spacial score (nSPS) is 18.3. The molecule has 1 amide bonds. The highest BCUT2D eigenvalue weighted by atomic mass is 16.3. The third-order valence-electron chi connectivity index (χ3n) is 3.91. The minimum atomic E-state index is -0.0946. The van der Waals surface area contributed by atoms with Crippen LogP contribution in [0.25, 0.3) is 0 Å². The van der Waals surface area contributed by atoms with Crippen LogP contribution in [-0.2, 0) is 0 Å². The molecule has 0 unspecified atom stereocenters. The van der Waals surface area contributed by atoms with Gasteiger partial charge in [-0.25, -0.2) is 0 Å². The minimum absolute atomic E-state index is 0.0472. The number of nitrogens with one attached hydrogen (secondary N) is 1. The third kappa shape index (κ3) is 3.10. The molecule has 1 aromatic carbocycles. The monoisotopic (exact) mass is 247 g/mol. The molecule has 3 heteroatoms. The predicted octanol–water partition coefficient (Wildman–Crippen LogP) is 2.36. The number of aliphatic hydroxyl groups excluding tert-OH is 1. The quantitative estimate of drug-likeness (QED) is 0.858. The van der Waals surface area contributed by atoms with Gasteiger partial charge in [-0.05, 0) is 25.0 Å². The van der Waals surface area contributed by atoms with Gasteiger partial charge < -0.3 is 10.4 Å². The van der Waals surface area contributed by atoms with E-state index in [2.05, 4.69) is 5.32 Å². The predicted molar refractivity (Wildman–Crippen MR) is 71.4 cm³/mol. The van der Waals surface area contributed by atoms with Crippen molar-refractivity contribution in [2.75, 3.05) is 13.2 Å². The summed E-state index contributed by atoms with van der Waals surface area (Å²) in [7, 11) is 0. The number of rotatable bonds is 4. The molecule has 0 atom stereocenters. The molecule has 1 aromatic rings. The summed E-state index contributed by atoms with van der Waals surface area (Å²) in [5.41, 5.74) is 0.587. The van der Waals surface area contributed by atoms with E-state index in [1.54, 1.807) is 0 Å². The van der Waals surface area contributed by atoms with Gasteiger partial charge in [0.25, 0.3) is 5.91 Å². The van der Waals surface area contributed by atoms with Gasteiger partial charge in [-0.1, -0.05) is 37.5 Å². The summed E-state index contributed by atoms with van der Waals surface area (Å²) in [5, 5.41) is 12.5. The van der Waals surface area contributed by atoms with E-state index in [1.807, 2.05) is 30.3 Å². The molecule has 1 saturated carbocycles. The molecule has 0 saturated heterocycles. The van der Waals surface area contributed by atoms with Gasteiger partial charge in [-0.3, -0.25) is 4.79 Å². The molecule has 0 heterocycles. The highest BCUT2D eigenvalue weighted by Gasteiger charge is 2.31. The van der Waals surface area contributed by atoms with Crippen molar-refractivity contribution in [2.45, 2.75) is 32.1 Å². The van der Waals surface area contributed by atoms with E-state index in [1.165, 1.54) is 6.42 Å². The van der Waals surface area contributed by atoms with Gasteiger partial charge >= 0.3 is 0 Å². The molecule has 1 aliphatic carbocycles. The largest absolute Gasteiger partial charge is 0.396 e. The maximum atomic E-state index is 12.0. The molecule has 0 spiro atoms. The van der Waals surface area contributed by atoms with Crippen LogP contribution in [0.2, 0.25) is 0 Å². The zero-order chi connectivity index (χ0) is 12.8. The average molecular weight is 247 g/mol. The Hall–Kier alpha value is -1.35. The number of benzene rings is 1.